The van der Waals surface area contributed by atoms with Gasteiger partial charge < -0.3 is 15.5 Å². The van der Waals surface area contributed by atoms with E-state index in [0.29, 0.717) is 31.0 Å². The Morgan fingerprint density at radius 2 is 1.85 bits per heavy atom. The van der Waals surface area contributed by atoms with Crippen molar-refractivity contribution >= 4 is 29.0 Å². The molecule has 4 rings (SSSR count). The van der Waals surface area contributed by atoms with Crippen LogP contribution in [0.1, 0.15) is 54.0 Å². The molecule has 0 spiro atoms. The van der Waals surface area contributed by atoms with E-state index < -0.39 is 0 Å². The van der Waals surface area contributed by atoms with E-state index in [9.17, 15) is 14.0 Å². The molecule has 1 saturated heterocycles. The Morgan fingerprint density at radius 3 is 2.59 bits per heavy atom. The number of thiazole rings is 1. The van der Waals surface area contributed by atoms with Crippen molar-refractivity contribution in [1.29, 1.82) is 0 Å². The molecular formula is C26H29FN4O2S. The number of carbonyl (C=O) groups is 2. The van der Waals surface area contributed by atoms with Crippen molar-refractivity contribution in [3.05, 3.63) is 70.4 Å². The first kappa shape index (κ1) is 23.9. The summed E-state index contributed by atoms with van der Waals surface area (Å²) in [5.41, 5.74) is 2.67. The molecule has 34 heavy (non-hydrogen) atoms. The van der Waals surface area contributed by atoms with E-state index in [4.69, 9.17) is 0 Å². The average Bonchev–Trinajstić information content (AvgIpc) is 3.36. The van der Waals surface area contributed by atoms with Crippen LogP contribution in [0.4, 0.5) is 14.9 Å². The second-order valence-electron chi connectivity index (χ2n) is 8.42. The fraction of sp³-hybridized carbons (Fsp3) is 0.346. The van der Waals surface area contributed by atoms with Gasteiger partial charge in [-0.25, -0.2) is 14.2 Å². The lowest BCUT2D eigenvalue weighted by molar-refractivity contribution is 0.102. The molecular weight excluding hydrogens is 451 g/mol. The third kappa shape index (κ3) is 5.80. The predicted molar refractivity (Wildman–Crippen MR) is 134 cm³/mol. The summed E-state index contributed by atoms with van der Waals surface area (Å²) in [6, 6.07) is 13.6. The monoisotopic (exact) mass is 480 g/mol. The molecule has 1 aliphatic heterocycles. The number of benzene rings is 2. The number of likely N-dealkylation sites (tertiary alicyclic amines) is 1. The topological polar surface area (TPSA) is 74.3 Å². The number of hydrogen-bond acceptors (Lipinski definition) is 4. The molecule has 178 valence electrons. The molecule has 1 aliphatic rings. The van der Waals surface area contributed by atoms with Crippen LogP contribution in [0.5, 0.6) is 0 Å². The first-order valence-corrected chi connectivity index (χ1v) is 12.6. The fourth-order valence-corrected chi connectivity index (χ4v) is 5.02. The van der Waals surface area contributed by atoms with Gasteiger partial charge in [0.15, 0.2) is 0 Å². The highest BCUT2D eigenvalue weighted by molar-refractivity contribution is 7.10. The van der Waals surface area contributed by atoms with Crippen molar-refractivity contribution in [3.63, 3.8) is 0 Å². The Hall–Kier alpha value is -3.26. The molecule has 0 saturated carbocycles. The van der Waals surface area contributed by atoms with E-state index in [1.807, 2.05) is 29.2 Å². The number of halogens is 1. The SMILES string of the molecule is CCCCNC(=O)N1CCC(c2nc(C(=O)Nc3ccccc3-c3ccc(F)cc3)cs2)CC1. The molecule has 2 heterocycles. The lowest BCUT2D eigenvalue weighted by atomic mass is 9.98. The van der Waals surface area contributed by atoms with E-state index >= 15 is 0 Å². The predicted octanol–water partition coefficient (Wildman–Crippen LogP) is 5.89. The second kappa shape index (κ2) is 11.2. The maximum atomic E-state index is 13.3. The van der Waals surface area contributed by atoms with E-state index in [1.165, 1.54) is 23.5 Å². The number of urea groups is 1. The molecule has 3 amide bonds. The zero-order valence-corrected chi connectivity index (χ0v) is 20.0. The molecule has 0 bridgehead atoms. The van der Waals surface area contributed by atoms with Crippen molar-refractivity contribution in [2.24, 2.45) is 0 Å². The highest BCUT2D eigenvalue weighted by atomic mass is 32.1. The van der Waals surface area contributed by atoms with Gasteiger partial charge in [0, 0.05) is 42.2 Å². The normalized spacial score (nSPS) is 14.1. The molecule has 3 aromatic rings. The Kier molecular flexibility index (Phi) is 7.90. The van der Waals surface area contributed by atoms with Crippen LogP contribution in [0.3, 0.4) is 0 Å². The summed E-state index contributed by atoms with van der Waals surface area (Å²) in [5, 5.41) is 8.64. The van der Waals surface area contributed by atoms with Gasteiger partial charge in [-0.1, -0.05) is 43.7 Å². The van der Waals surface area contributed by atoms with Gasteiger partial charge in [-0.15, -0.1) is 11.3 Å². The standard InChI is InChI=1S/C26H29FN4O2S/c1-2-3-14-28-26(33)31-15-12-19(13-16-31)25-30-23(17-34-25)24(32)29-22-7-5-4-6-21(22)18-8-10-20(27)11-9-18/h4-11,17,19H,2-3,12-16H2,1H3,(H,28,33)(H,29,32). The molecule has 2 aromatic carbocycles. The summed E-state index contributed by atoms with van der Waals surface area (Å²) in [6.45, 7) is 4.19. The number of aromatic nitrogens is 1. The zero-order valence-electron chi connectivity index (χ0n) is 19.2. The van der Waals surface area contributed by atoms with Crippen molar-refractivity contribution in [2.75, 3.05) is 25.0 Å². The molecule has 0 atom stereocenters. The van der Waals surface area contributed by atoms with Crippen LogP contribution in [0.15, 0.2) is 53.9 Å². The van der Waals surface area contributed by atoms with Gasteiger partial charge in [0.1, 0.15) is 11.5 Å². The second-order valence-corrected chi connectivity index (χ2v) is 9.31. The molecule has 0 unspecified atom stereocenters. The van der Waals surface area contributed by atoms with Crippen LogP contribution in [-0.2, 0) is 0 Å². The van der Waals surface area contributed by atoms with E-state index in [0.717, 1.165) is 41.8 Å². The number of amides is 3. The minimum atomic E-state index is -0.303. The summed E-state index contributed by atoms with van der Waals surface area (Å²) in [7, 11) is 0. The van der Waals surface area contributed by atoms with Gasteiger partial charge in [-0.05, 0) is 43.0 Å². The van der Waals surface area contributed by atoms with Crippen LogP contribution in [0.2, 0.25) is 0 Å². The van der Waals surface area contributed by atoms with E-state index in [-0.39, 0.29) is 23.7 Å². The maximum absolute atomic E-state index is 13.3. The largest absolute Gasteiger partial charge is 0.338 e. The summed E-state index contributed by atoms with van der Waals surface area (Å²) < 4.78 is 13.3. The number of nitrogens with one attached hydrogen (secondary N) is 2. The summed E-state index contributed by atoms with van der Waals surface area (Å²) >= 11 is 1.49. The van der Waals surface area contributed by atoms with Crippen LogP contribution in [0, 0.1) is 5.82 Å². The molecule has 1 aromatic heterocycles. The van der Waals surface area contributed by atoms with Crippen LogP contribution in [-0.4, -0.2) is 41.5 Å². The van der Waals surface area contributed by atoms with Crippen LogP contribution >= 0.6 is 11.3 Å². The van der Waals surface area contributed by atoms with Gasteiger partial charge in [-0.2, -0.15) is 0 Å². The number of hydrogen-bond donors (Lipinski definition) is 2. The first-order chi connectivity index (χ1) is 16.5. The minimum Gasteiger partial charge on any atom is -0.338 e. The average molecular weight is 481 g/mol. The number of carbonyl (C=O) groups excluding carboxylic acids is 2. The molecule has 2 N–H and O–H groups in total. The van der Waals surface area contributed by atoms with Crippen molar-refractivity contribution in [3.8, 4) is 11.1 Å². The highest BCUT2D eigenvalue weighted by Gasteiger charge is 2.26. The number of nitrogens with zero attached hydrogens (tertiary/aromatic N) is 2. The van der Waals surface area contributed by atoms with Gasteiger partial charge in [0.25, 0.3) is 5.91 Å². The molecule has 0 aliphatic carbocycles. The molecule has 6 nitrogen and oxygen atoms in total. The van der Waals surface area contributed by atoms with Crippen molar-refractivity contribution in [2.45, 2.75) is 38.5 Å². The van der Waals surface area contributed by atoms with Gasteiger partial charge in [-0.3, -0.25) is 4.79 Å². The smallest absolute Gasteiger partial charge is 0.317 e. The Morgan fingerprint density at radius 1 is 1.12 bits per heavy atom. The minimum absolute atomic E-state index is 0.00549. The zero-order chi connectivity index (χ0) is 23.9. The summed E-state index contributed by atoms with van der Waals surface area (Å²) in [6.07, 6.45) is 3.72. The third-order valence-electron chi connectivity index (χ3n) is 6.02. The number of piperidine rings is 1. The summed E-state index contributed by atoms with van der Waals surface area (Å²) in [4.78, 5) is 31.7. The highest BCUT2D eigenvalue weighted by Crippen LogP contribution is 2.31. The van der Waals surface area contributed by atoms with Gasteiger partial charge in [0.05, 0.1) is 5.01 Å². The lowest BCUT2D eigenvalue weighted by Gasteiger charge is -2.31. The number of unbranched alkanes of at least 4 members (excludes halogenated alkanes) is 1. The van der Waals surface area contributed by atoms with E-state index in [1.54, 1.807) is 17.5 Å². The van der Waals surface area contributed by atoms with Crippen molar-refractivity contribution < 1.29 is 14.0 Å². The fourth-order valence-electron chi connectivity index (χ4n) is 4.05. The Balaban J connectivity index is 1.37. The number of rotatable bonds is 7. The van der Waals surface area contributed by atoms with Crippen LogP contribution in [0.25, 0.3) is 11.1 Å². The molecule has 1 fully saturated rings. The maximum Gasteiger partial charge on any atom is 0.317 e. The van der Waals surface area contributed by atoms with Gasteiger partial charge >= 0.3 is 6.03 Å². The van der Waals surface area contributed by atoms with E-state index in [2.05, 4.69) is 22.5 Å². The third-order valence-corrected chi connectivity index (χ3v) is 7.03. The molecule has 0 radical (unpaired) electrons. The lowest BCUT2D eigenvalue weighted by Crippen LogP contribution is -2.44. The number of anilines is 1. The van der Waals surface area contributed by atoms with Crippen molar-refractivity contribution in [1.82, 2.24) is 15.2 Å². The van der Waals surface area contributed by atoms with Gasteiger partial charge in [0.2, 0.25) is 0 Å². The number of para-hydroxylation sites is 1. The Bertz CT molecular complexity index is 1120. The first-order valence-electron chi connectivity index (χ1n) is 11.7. The van der Waals surface area contributed by atoms with Crippen LogP contribution < -0.4 is 10.6 Å². The summed E-state index contributed by atoms with van der Waals surface area (Å²) in [5.74, 6) is -0.328. The Labute approximate surface area is 203 Å². The molecule has 8 heteroatoms. The quantitative estimate of drug-likeness (QED) is 0.414.